The molecule has 0 fully saturated rings. The zero-order valence-corrected chi connectivity index (χ0v) is 21.9. The molecule has 0 bridgehead atoms. The first-order chi connectivity index (χ1) is 12.7. The summed E-state index contributed by atoms with van der Waals surface area (Å²) in [5, 5.41) is 0. The van der Waals surface area contributed by atoms with Crippen molar-refractivity contribution in [1.82, 2.24) is 0 Å². The van der Waals surface area contributed by atoms with E-state index in [1.807, 2.05) is 0 Å². The predicted octanol–water partition coefficient (Wildman–Crippen LogP) is 10.2. The quantitative estimate of drug-likeness (QED) is 0.0839. The normalized spacial score (nSPS) is 12.6. The van der Waals surface area contributed by atoms with Crippen molar-refractivity contribution in [3.05, 3.63) is 0 Å². The molecule has 0 aromatic carbocycles. The number of rotatable bonds is 21. The molecule has 0 spiro atoms. The maximum absolute atomic E-state index is 3.02. The van der Waals surface area contributed by atoms with Crippen molar-refractivity contribution in [2.45, 2.75) is 136 Å². The molecule has 0 saturated heterocycles. The van der Waals surface area contributed by atoms with Gasteiger partial charge in [-0.05, 0) is 0 Å². The average molecular weight is 499 g/mol. The van der Waals surface area contributed by atoms with Crippen LogP contribution in [0.25, 0.3) is 0 Å². The van der Waals surface area contributed by atoms with Crippen LogP contribution in [0.4, 0.5) is 0 Å². The van der Waals surface area contributed by atoms with Crippen LogP contribution in [0.3, 0.4) is 0 Å². The van der Waals surface area contributed by atoms with Gasteiger partial charge in [-0.15, -0.1) is 0 Å². The summed E-state index contributed by atoms with van der Waals surface area (Å²) in [6, 6.07) is 0. The van der Waals surface area contributed by atoms with Gasteiger partial charge in [0.2, 0.25) is 0 Å². The molecule has 0 radical (unpaired) electrons. The zero-order valence-electron chi connectivity index (χ0n) is 18.7. The van der Waals surface area contributed by atoms with Crippen molar-refractivity contribution in [1.29, 1.82) is 0 Å². The third-order valence-corrected chi connectivity index (χ3v) is 14.5. The summed E-state index contributed by atoms with van der Waals surface area (Å²) in [7, 11) is 0. The van der Waals surface area contributed by atoms with Crippen molar-refractivity contribution in [3.63, 3.8) is 0 Å². The summed E-state index contributed by atoms with van der Waals surface area (Å²) in [5.41, 5.74) is 0. The molecule has 0 unspecified atom stereocenters. The van der Waals surface area contributed by atoms with Crippen molar-refractivity contribution in [3.8, 4) is 0 Å². The Morgan fingerprint density at radius 3 is 0.885 bits per heavy atom. The van der Waals surface area contributed by atoms with E-state index in [1.165, 1.54) is 116 Å². The van der Waals surface area contributed by atoms with Crippen LogP contribution in [0.2, 0.25) is 0 Å². The molecule has 0 aromatic heterocycles. The molecule has 0 aliphatic heterocycles. The number of hydrogen-bond acceptors (Lipinski definition) is 0. The molecule has 26 heavy (non-hydrogen) atoms. The summed E-state index contributed by atoms with van der Waals surface area (Å²) < 4.78 is 0. The van der Waals surface area contributed by atoms with Gasteiger partial charge in [-0.1, -0.05) is 0 Å². The van der Waals surface area contributed by atoms with Gasteiger partial charge in [-0.2, -0.15) is 0 Å². The van der Waals surface area contributed by atoms with Gasteiger partial charge in [0.25, 0.3) is 0 Å². The van der Waals surface area contributed by atoms with E-state index in [0.29, 0.717) is 0 Å². The van der Waals surface area contributed by atoms with Gasteiger partial charge in [-0.25, -0.2) is 0 Å². The Morgan fingerprint density at radius 2 is 0.615 bits per heavy atom. The minimum absolute atomic E-state index is 0.985. The first-order valence-corrected chi connectivity index (χ1v) is 18.1. The number of unbranched alkanes of at least 4 members (excludes halogenated alkanes) is 15. The van der Waals surface area contributed by atoms with E-state index in [0.717, 1.165) is 0 Å². The second-order valence-corrected chi connectivity index (χ2v) is 19.4. The molecule has 0 heterocycles. The summed E-state index contributed by atoms with van der Waals surface area (Å²) in [6.45, 7) is 6.97. The standard InChI is InChI=1S/C24H52IP/c1-4-7-10-13-16-19-22-26(25,23-20-17-14-11-8-5-2)24-21-18-15-12-9-6-3/h26H,4-24H2,1-3H3. The third-order valence-electron chi connectivity index (χ3n) is 5.94. The fourth-order valence-electron chi connectivity index (χ4n) is 4.04. The van der Waals surface area contributed by atoms with Crippen LogP contribution in [0, 0.1) is 0 Å². The van der Waals surface area contributed by atoms with Crippen LogP contribution in [0.15, 0.2) is 0 Å². The number of hydrogen-bond donors (Lipinski definition) is 0. The van der Waals surface area contributed by atoms with E-state index in [4.69, 9.17) is 0 Å². The van der Waals surface area contributed by atoms with Crippen LogP contribution in [-0.4, -0.2) is 18.5 Å². The van der Waals surface area contributed by atoms with Crippen molar-refractivity contribution < 1.29 is 0 Å². The number of halogens is 1. The van der Waals surface area contributed by atoms with Crippen molar-refractivity contribution in [2.75, 3.05) is 18.5 Å². The first kappa shape index (κ1) is 27.2. The first-order valence-electron chi connectivity index (χ1n) is 12.4. The summed E-state index contributed by atoms with van der Waals surface area (Å²) in [5.74, 6) is 0. The molecule has 0 atom stereocenters. The SMILES string of the molecule is CCCCCCCC[PH](I)(CCCCCCCC)CCCCCCCC. The molecular weight excluding hydrogens is 446 g/mol. The van der Waals surface area contributed by atoms with E-state index >= 15 is 0 Å². The Balaban J connectivity index is 4.02. The molecule has 0 nitrogen and oxygen atoms in total. The van der Waals surface area contributed by atoms with E-state index in [-0.39, 0.29) is 0 Å². The summed E-state index contributed by atoms with van der Waals surface area (Å²) in [4.78, 5) is -0.985. The fraction of sp³-hybridized carbons (Fsp3) is 1.00. The van der Waals surface area contributed by atoms with Crippen LogP contribution >= 0.6 is 26.9 Å². The van der Waals surface area contributed by atoms with E-state index in [9.17, 15) is 0 Å². The fourth-order valence-corrected chi connectivity index (χ4v) is 10.9. The minimum atomic E-state index is -0.985. The van der Waals surface area contributed by atoms with Gasteiger partial charge in [0, 0.05) is 0 Å². The summed E-state index contributed by atoms with van der Waals surface area (Å²) in [6.07, 6.45) is 31.3. The van der Waals surface area contributed by atoms with Crippen LogP contribution in [0.5, 0.6) is 0 Å². The van der Waals surface area contributed by atoms with Gasteiger partial charge in [0.05, 0.1) is 0 Å². The molecule has 0 rings (SSSR count). The van der Waals surface area contributed by atoms with Crippen LogP contribution in [0.1, 0.15) is 136 Å². The van der Waals surface area contributed by atoms with Crippen molar-refractivity contribution in [2.24, 2.45) is 0 Å². The van der Waals surface area contributed by atoms with Gasteiger partial charge in [0.15, 0.2) is 0 Å². The van der Waals surface area contributed by atoms with Crippen molar-refractivity contribution >= 4 is 26.9 Å². The predicted molar refractivity (Wildman–Crippen MR) is 137 cm³/mol. The molecule has 2 heteroatoms. The molecular formula is C24H52IP. The molecule has 160 valence electrons. The molecule has 0 aliphatic rings. The second-order valence-electron chi connectivity index (χ2n) is 8.70. The van der Waals surface area contributed by atoms with Gasteiger partial charge >= 0.3 is 182 Å². The van der Waals surface area contributed by atoms with Gasteiger partial charge in [-0.3, -0.25) is 0 Å². The van der Waals surface area contributed by atoms with E-state index in [1.54, 1.807) is 18.5 Å². The Labute approximate surface area is 181 Å². The average Bonchev–Trinajstić information content (AvgIpc) is 2.64. The Bertz CT molecular complexity index is 226. The van der Waals surface area contributed by atoms with E-state index < -0.39 is 4.90 Å². The Kier molecular flexibility index (Phi) is 21.8. The zero-order chi connectivity index (χ0) is 19.3. The monoisotopic (exact) mass is 498 g/mol. The molecule has 0 aliphatic carbocycles. The Hall–Kier alpha value is 1.16. The maximum atomic E-state index is 3.02. The topological polar surface area (TPSA) is 0 Å². The Morgan fingerprint density at radius 1 is 0.385 bits per heavy atom. The second kappa shape index (κ2) is 20.9. The molecule has 0 amide bonds. The van der Waals surface area contributed by atoms with Gasteiger partial charge in [0.1, 0.15) is 0 Å². The molecule has 0 saturated carbocycles. The summed E-state index contributed by atoms with van der Waals surface area (Å²) >= 11 is 3.02. The molecule has 0 N–H and O–H groups in total. The third kappa shape index (κ3) is 18.5. The van der Waals surface area contributed by atoms with E-state index in [2.05, 4.69) is 42.8 Å². The van der Waals surface area contributed by atoms with Crippen LogP contribution in [-0.2, 0) is 0 Å². The van der Waals surface area contributed by atoms with Gasteiger partial charge < -0.3 is 0 Å². The molecule has 0 aromatic rings. The van der Waals surface area contributed by atoms with Crippen LogP contribution < -0.4 is 0 Å².